The van der Waals surface area contributed by atoms with Crippen molar-refractivity contribution in [3.8, 4) is 5.75 Å². The number of aliphatic carboxylic acids is 1. The number of hydrogen-bond acceptors (Lipinski definition) is 5. The van der Waals surface area contributed by atoms with Crippen LogP contribution in [0.25, 0.3) is 16.8 Å². The molecule has 3 aromatic rings. The van der Waals surface area contributed by atoms with Crippen molar-refractivity contribution in [3.05, 3.63) is 81.2 Å². The number of imide groups is 1. The molecule has 4 rings (SSSR count). The molecule has 0 bridgehead atoms. The lowest BCUT2D eigenvalue weighted by molar-refractivity contribution is -0.140. The van der Waals surface area contributed by atoms with Crippen LogP contribution in [0.3, 0.4) is 0 Å². The molecule has 156 valence electrons. The second-order valence-corrected chi connectivity index (χ2v) is 8.63. The first kappa shape index (κ1) is 21.1. The van der Waals surface area contributed by atoms with Crippen molar-refractivity contribution in [1.29, 1.82) is 0 Å². The predicted molar refractivity (Wildman–Crippen MR) is 123 cm³/mol. The minimum Gasteiger partial charge on any atom is -0.488 e. The van der Waals surface area contributed by atoms with Gasteiger partial charge in [0, 0.05) is 0 Å². The van der Waals surface area contributed by atoms with Gasteiger partial charge in [0.05, 0.1) is 9.38 Å². The van der Waals surface area contributed by atoms with Crippen LogP contribution in [0.5, 0.6) is 5.75 Å². The number of halogens is 1. The van der Waals surface area contributed by atoms with Gasteiger partial charge < -0.3 is 9.84 Å². The molecule has 1 fully saturated rings. The summed E-state index contributed by atoms with van der Waals surface area (Å²) in [6, 6.07) is 19.5. The van der Waals surface area contributed by atoms with Gasteiger partial charge in [-0.3, -0.25) is 19.3 Å². The Labute approximate surface area is 190 Å². The Bertz CT molecular complexity index is 1230. The van der Waals surface area contributed by atoms with Gasteiger partial charge in [0.2, 0.25) is 0 Å². The van der Waals surface area contributed by atoms with E-state index in [1.807, 2.05) is 24.3 Å². The van der Waals surface area contributed by atoms with Crippen LogP contribution in [0.2, 0.25) is 0 Å². The number of nitrogens with zero attached hydrogens (tertiary/aromatic N) is 1. The molecule has 6 nitrogen and oxygen atoms in total. The summed E-state index contributed by atoms with van der Waals surface area (Å²) in [5.74, 6) is -1.20. The number of rotatable bonds is 6. The number of carbonyl (C=O) groups excluding carboxylic acids is 2. The smallest absolute Gasteiger partial charge is 0.323 e. The van der Waals surface area contributed by atoms with E-state index in [-0.39, 0.29) is 4.91 Å². The monoisotopic (exact) mass is 497 g/mol. The van der Waals surface area contributed by atoms with Gasteiger partial charge in [-0.1, -0.05) is 48.5 Å². The van der Waals surface area contributed by atoms with Crippen molar-refractivity contribution in [2.45, 2.75) is 6.61 Å². The van der Waals surface area contributed by atoms with Gasteiger partial charge in [-0.25, -0.2) is 0 Å². The molecule has 0 atom stereocenters. The minimum absolute atomic E-state index is 0.183. The SMILES string of the molecule is O=C(O)CN1C(=O)S/C(=C/c2ccc(OCc3cccc4ccccc34)c(Br)c2)C1=O. The van der Waals surface area contributed by atoms with Crippen molar-refractivity contribution < 1.29 is 24.2 Å². The van der Waals surface area contributed by atoms with Crippen molar-refractivity contribution in [2.75, 3.05) is 6.54 Å². The first-order chi connectivity index (χ1) is 14.9. The fraction of sp³-hybridized carbons (Fsp3) is 0.0870. The minimum atomic E-state index is -1.24. The Morgan fingerprint density at radius 3 is 2.65 bits per heavy atom. The molecule has 8 heteroatoms. The molecule has 0 aromatic heterocycles. The molecule has 0 saturated carbocycles. The highest BCUT2D eigenvalue weighted by Crippen LogP contribution is 2.34. The highest BCUT2D eigenvalue weighted by atomic mass is 79.9. The molecular formula is C23H16BrNO5S. The van der Waals surface area contributed by atoms with Crippen LogP contribution < -0.4 is 4.74 Å². The summed E-state index contributed by atoms with van der Waals surface area (Å²) >= 11 is 4.22. The Balaban J connectivity index is 1.50. The molecule has 1 N–H and O–H groups in total. The Hall–Kier alpha value is -3.10. The summed E-state index contributed by atoms with van der Waals surface area (Å²) in [5.41, 5.74) is 1.76. The van der Waals surface area contributed by atoms with Crippen LogP contribution in [0.15, 0.2) is 70.0 Å². The number of hydrogen-bond donors (Lipinski definition) is 1. The summed E-state index contributed by atoms with van der Waals surface area (Å²) in [6.07, 6.45) is 1.56. The van der Waals surface area contributed by atoms with Gasteiger partial charge in [-0.2, -0.15) is 0 Å². The average molecular weight is 498 g/mol. The van der Waals surface area contributed by atoms with E-state index in [4.69, 9.17) is 9.84 Å². The molecule has 1 heterocycles. The summed E-state index contributed by atoms with van der Waals surface area (Å²) < 4.78 is 6.69. The van der Waals surface area contributed by atoms with Gasteiger partial charge in [0.15, 0.2) is 0 Å². The number of thioether (sulfide) groups is 1. The van der Waals surface area contributed by atoms with E-state index in [1.54, 1.807) is 24.3 Å². The third kappa shape index (κ3) is 4.65. The topological polar surface area (TPSA) is 83.9 Å². The normalized spacial score (nSPS) is 15.1. The van der Waals surface area contributed by atoms with Gasteiger partial charge in [-0.05, 0) is 67.8 Å². The van der Waals surface area contributed by atoms with Crippen molar-refractivity contribution in [2.24, 2.45) is 0 Å². The molecule has 1 saturated heterocycles. The Morgan fingerprint density at radius 2 is 1.87 bits per heavy atom. The fourth-order valence-corrected chi connectivity index (χ4v) is 4.57. The van der Waals surface area contributed by atoms with Crippen LogP contribution in [-0.4, -0.2) is 33.7 Å². The van der Waals surface area contributed by atoms with E-state index < -0.39 is 23.7 Å². The predicted octanol–water partition coefficient (Wildman–Crippen LogP) is 5.30. The largest absolute Gasteiger partial charge is 0.488 e. The Morgan fingerprint density at radius 1 is 1.10 bits per heavy atom. The van der Waals surface area contributed by atoms with Gasteiger partial charge in [0.1, 0.15) is 18.9 Å². The maximum absolute atomic E-state index is 12.3. The van der Waals surface area contributed by atoms with E-state index in [0.717, 1.165) is 33.0 Å². The second kappa shape index (κ2) is 8.95. The summed E-state index contributed by atoms with van der Waals surface area (Å²) in [7, 11) is 0. The molecule has 0 unspecified atom stereocenters. The molecule has 31 heavy (non-hydrogen) atoms. The van der Waals surface area contributed by atoms with Crippen LogP contribution in [0.1, 0.15) is 11.1 Å². The molecule has 3 aromatic carbocycles. The van der Waals surface area contributed by atoms with Crippen LogP contribution in [0, 0.1) is 0 Å². The zero-order valence-corrected chi connectivity index (χ0v) is 18.5. The fourth-order valence-electron chi connectivity index (χ4n) is 3.22. The highest BCUT2D eigenvalue weighted by molar-refractivity contribution is 9.10. The summed E-state index contributed by atoms with van der Waals surface area (Å²) in [6.45, 7) is -0.250. The number of ether oxygens (including phenoxy) is 1. The van der Waals surface area contributed by atoms with Crippen LogP contribution in [-0.2, 0) is 16.2 Å². The van der Waals surface area contributed by atoms with Crippen LogP contribution >= 0.6 is 27.7 Å². The van der Waals surface area contributed by atoms with E-state index in [9.17, 15) is 14.4 Å². The van der Waals surface area contributed by atoms with Crippen LogP contribution in [0.4, 0.5) is 4.79 Å². The van der Waals surface area contributed by atoms with Gasteiger partial charge >= 0.3 is 5.97 Å². The number of fused-ring (bicyclic) bond motifs is 1. The average Bonchev–Trinajstić information content (AvgIpc) is 3.00. The zero-order valence-electron chi connectivity index (χ0n) is 16.1. The summed E-state index contributed by atoms with van der Waals surface area (Å²) in [4.78, 5) is 35.9. The third-order valence-corrected chi connectivity index (χ3v) is 6.21. The lowest BCUT2D eigenvalue weighted by Crippen LogP contribution is -2.33. The number of benzene rings is 3. The molecular weight excluding hydrogens is 482 g/mol. The van der Waals surface area contributed by atoms with E-state index in [2.05, 4.69) is 34.1 Å². The number of carboxylic acid groups (broad SMARTS) is 1. The zero-order chi connectivity index (χ0) is 22.0. The van der Waals surface area contributed by atoms with Crippen molar-refractivity contribution >= 4 is 61.7 Å². The van der Waals surface area contributed by atoms with E-state index >= 15 is 0 Å². The third-order valence-electron chi connectivity index (χ3n) is 4.68. The molecule has 2 amide bonds. The Kier molecular flexibility index (Phi) is 6.11. The standard InChI is InChI=1S/C23H16BrNO5S/c24-18-10-14(11-20-22(28)25(12-21(26)27)23(29)31-20)8-9-19(18)30-13-16-6-3-5-15-4-1-2-7-17(15)16/h1-11H,12-13H2,(H,26,27)/b20-11+. The molecule has 1 aliphatic heterocycles. The first-order valence-corrected chi connectivity index (χ1v) is 10.9. The lowest BCUT2D eigenvalue weighted by atomic mass is 10.1. The quantitative estimate of drug-likeness (QED) is 0.465. The first-order valence-electron chi connectivity index (χ1n) is 9.28. The molecule has 0 aliphatic carbocycles. The summed E-state index contributed by atoms with van der Waals surface area (Å²) in [5, 5.41) is 10.5. The molecule has 0 radical (unpaired) electrons. The molecule has 1 aliphatic rings. The van der Waals surface area contributed by atoms with Crippen molar-refractivity contribution in [1.82, 2.24) is 4.90 Å². The highest BCUT2D eigenvalue weighted by Gasteiger charge is 2.36. The van der Waals surface area contributed by atoms with E-state index in [1.165, 1.54) is 0 Å². The van der Waals surface area contributed by atoms with Gasteiger partial charge in [0.25, 0.3) is 11.1 Å². The number of carboxylic acids is 1. The lowest BCUT2D eigenvalue weighted by Gasteiger charge is -2.11. The number of carbonyl (C=O) groups is 3. The molecule has 0 spiro atoms. The number of amides is 2. The van der Waals surface area contributed by atoms with Crippen molar-refractivity contribution in [3.63, 3.8) is 0 Å². The van der Waals surface area contributed by atoms with E-state index in [0.29, 0.717) is 22.4 Å². The maximum atomic E-state index is 12.3. The maximum Gasteiger partial charge on any atom is 0.323 e. The second-order valence-electron chi connectivity index (χ2n) is 6.78. The van der Waals surface area contributed by atoms with Gasteiger partial charge in [-0.15, -0.1) is 0 Å².